The second kappa shape index (κ2) is 16.7. The lowest BCUT2D eigenvalue weighted by Crippen LogP contribution is -2.47. The van der Waals surface area contributed by atoms with Crippen LogP contribution in [0.5, 0.6) is 5.75 Å². The highest BCUT2D eigenvalue weighted by Crippen LogP contribution is 2.57. The van der Waals surface area contributed by atoms with Crippen LogP contribution in [0.1, 0.15) is 108 Å². The zero-order valence-corrected chi connectivity index (χ0v) is 36.1. The zero-order chi connectivity index (χ0) is 42.4. The molecule has 0 unspecified atom stereocenters. The summed E-state index contributed by atoms with van der Waals surface area (Å²) in [5.74, 6) is -2.23. The van der Waals surface area contributed by atoms with Gasteiger partial charge in [0, 0.05) is 29.9 Å². The molecule has 3 aromatic rings. The Morgan fingerprint density at radius 1 is 1.02 bits per heavy atom. The van der Waals surface area contributed by atoms with Crippen LogP contribution < -0.4 is 9.46 Å². The molecule has 2 aromatic carbocycles. The van der Waals surface area contributed by atoms with Gasteiger partial charge in [0.25, 0.3) is 0 Å². The van der Waals surface area contributed by atoms with Gasteiger partial charge in [-0.05, 0) is 98.8 Å². The number of aromatic nitrogens is 1. The predicted octanol–water partition coefficient (Wildman–Crippen LogP) is 7.81. The van der Waals surface area contributed by atoms with E-state index in [1.165, 1.54) is 5.56 Å². The summed E-state index contributed by atoms with van der Waals surface area (Å²) in [6.07, 6.45) is 9.26. The summed E-state index contributed by atoms with van der Waals surface area (Å²) in [6.45, 7) is 10.5. The second-order valence-corrected chi connectivity index (χ2v) is 21.0. The average Bonchev–Trinajstić information content (AvgIpc) is 4.10. The summed E-state index contributed by atoms with van der Waals surface area (Å²) < 4.78 is 41.0. The van der Waals surface area contributed by atoms with Gasteiger partial charge in [0.15, 0.2) is 5.78 Å². The maximum atomic E-state index is 15.1. The number of hydrogen-bond donors (Lipinski definition) is 1. The van der Waals surface area contributed by atoms with Gasteiger partial charge in [0.05, 0.1) is 53.4 Å². The van der Waals surface area contributed by atoms with E-state index < -0.39 is 50.6 Å². The van der Waals surface area contributed by atoms with Gasteiger partial charge >= 0.3 is 5.97 Å². The van der Waals surface area contributed by atoms with Crippen LogP contribution in [0, 0.1) is 35.5 Å². The number of pyridine rings is 1. The molecule has 11 nitrogen and oxygen atoms in total. The van der Waals surface area contributed by atoms with Gasteiger partial charge in [-0.1, -0.05) is 69.5 Å². The largest absolute Gasteiger partial charge is 0.488 e. The van der Waals surface area contributed by atoms with E-state index in [1.807, 2.05) is 36.4 Å². The van der Waals surface area contributed by atoms with E-state index in [0.717, 1.165) is 79.1 Å². The van der Waals surface area contributed by atoms with E-state index in [-0.39, 0.29) is 67.8 Å². The molecule has 3 saturated carbocycles. The summed E-state index contributed by atoms with van der Waals surface area (Å²) in [6, 6.07) is 15.2. The number of Topliss-reactive ketones (excluding diaryl/α,β-unsaturated/α-hetero) is 1. The third-order valence-corrected chi connectivity index (χ3v) is 15.7. The minimum Gasteiger partial charge on any atom is -0.488 e. The number of nitrogens with zero attached hydrogens (tertiary/aromatic N) is 2. The summed E-state index contributed by atoms with van der Waals surface area (Å²) >= 11 is 0. The number of cyclic esters (lactones) is 1. The molecule has 8 rings (SSSR count). The number of amides is 2. The molecule has 320 valence electrons. The molecule has 4 bridgehead atoms. The van der Waals surface area contributed by atoms with E-state index in [0.29, 0.717) is 18.6 Å². The van der Waals surface area contributed by atoms with Crippen molar-refractivity contribution in [1.82, 2.24) is 14.6 Å². The van der Waals surface area contributed by atoms with Crippen LogP contribution in [-0.4, -0.2) is 72.4 Å². The summed E-state index contributed by atoms with van der Waals surface area (Å²) in [7, 11) is -3.86. The Kier molecular flexibility index (Phi) is 11.7. The molecule has 60 heavy (non-hydrogen) atoms. The smallest absolute Gasteiger partial charge is 0.306 e. The third kappa shape index (κ3) is 8.90. The maximum Gasteiger partial charge on any atom is 0.306 e. The first-order valence-corrected chi connectivity index (χ1v) is 23.5. The number of hydrogen-bond acceptors (Lipinski definition) is 9. The molecule has 12 heteroatoms. The van der Waals surface area contributed by atoms with Crippen molar-refractivity contribution in [2.75, 3.05) is 13.2 Å². The number of aryl methyl sites for hydroxylation is 2. The fraction of sp³-hybridized carbons (Fsp3) is 0.562. The molecule has 0 spiro atoms. The molecule has 2 aliphatic heterocycles. The number of benzene rings is 2. The van der Waals surface area contributed by atoms with Crippen molar-refractivity contribution in [3.63, 3.8) is 0 Å². The standard InChI is InChI=1S/C48H59N3O8S/c1-5-34-26-48(34,46(55)50-60(56,57)36-18-19-36)27-42(52)41-23-35-28-51(41)45(54)37(31-13-9-10-14-31)24-44(53)58-29-47(3,4)20-12-11-17-33-22-38-40(21-30(33)2)49-39(25-43(38)59-35)32-15-7-6-8-16-32/h5-8,15-16,21-22,25,31,34-37,41H,1,9-14,17-20,23-24,26-29H2,2-4H3,(H,50,55)/t34-,35-,37+,41+,48-/m1/s1. The minimum atomic E-state index is -3.86. The number of nitrogens with one attached hydrogen (secondary N) is 1. The third-order valence-electron chi connectivity index (χ3n) is 13.9. The Morgan fingerprint density at radius 2 is 1.77 bits per heavy atom. The SMILES string of the molecule is C=C[C@@H]1C[C@]1(CC(=O)[C@@H]1C[C@@H]2CN1C(=O)[C@H](C1CCCC1)CC(=O)OCC(C)(C)CCCCc1cc3c(cc(-c4ccccc4)nc3cc1C)O2)C(=O)NS(=O)(=O)C1CC1. The predicted molar refractivity (Wildman–Crippen MR) is 229 cm³/mol. The van der Waals surface area contributed by atoms with Crippen molar-refractivity contribution in [1.29, 1.82) is 0 Å². The van der Waals surface area contributed by atoms with Gasteiger partial charge in [-0.2, -0.15) is 0 Å². The molecule has 4 fully saturated rings. The van der Waals surface area contributed by atoms with Crippen LogP contribution in [0.2, 0.25) is 0 Å². The normalized spacial score (nSPS) is 27.7. The summed E-state index contributed by atoms with van der Waals surface area (Å²) in [5.41, 5.74) is 3.24. The zero-order valence-electron chi connectivity index (χ0n) is 35.2. The van der Waals surface area contributed by atoms with E-state index in [9.17, 15) is 22.8 Å². The van der Waals surface area contributed by atoms with Crippen LogP contribution >= 0.6 is 0 Å². The Bertz CT molecular complexity index is 2280. The van der Waals surface area contributed by atoms with Crippen LogP contribution in [0.15, 0.2) is 61.2 Å². The van der Waals surface area contributed by atoms with Crippen molar-refractivity contribution < 1.29 is 37.1 Å². The van der Waals surface area contributed by atoms with Crippen LogP contribution in [0.25, 0.3) is 22.2 Å². The number of sulfonamides is 1. The monoisotopic (exact) mass is 837 g/mol. The Balaban J connectivity index is 1.17. The lowest BCUT2D eigenvalue weighted by Gasteiger charge is -2.31. The lowest BCUT2D eigenvalue weighted by molar-refractivity contribution is -0.153. The van der Waals surface area contributed by atoms with Crippen LogP contribution in [0.4, 0.5) is 0 Å². The first-order valence-electron chi connectivity index (χ1n) is 22.0. The number of ether oxygens (including phenoxy) is 2. The first-order chi connectivity index (χ1) is 28.7. The van der Waals surface area contributed by atoms with Gasteiger partial charge < -0.3 is 14.4 Å². The number of fused-ring (bicyclic) bond motifs is 3. The fourth-order valence-electron chi connectivity index (χ4n) is 9.97. The van der Waals surface area contributed by atoms with E-state index in [1.54, 1.807) is 11.0 Å². The molecule has 1 aromatic heterocycles. The first kappa shape index (κ1) is 42.1. The summed E-state index contributed by atoms with van der Waals surface area (Å²) in [4.78, 5) is 63.9. The molecular weight excluding hydrogens is 779 g/mol. The molecule has 0 radical (unpaired) electrons. The molecule has 1 N–H and O–H groups in total. The van der Waals surface area contributed by atoms with Crippen molar-refractivity contribution in [3.05, 3.63) is 72.3 Å². The fourth-order valence-corrected chi connectivity index (χ4v) is 11.4. The van der Waals surface area contributed by atoms with Gasteiger partial charge in [-0.15, -0.1) is 6.58 Å². The lowest BCUT2D eigenvalue weighted by atomic mass is 9.85. The van der Waals surface area contributed by atoms with Gasteiger partial charge in [0.2, 0.25) is 21.8 Å². The van der Waals surface area contributed by atoms with E-state index >= 15 is 4.79 Å². The molecule has 3 aliphatic carbocycles. The highest BCUT2D eigenvalue weighted by molar-refractivity contribution is 7.90. The van der Waals surface area contributed by atoms with Gasteiger partial charge in [-0.25, -0.2) is 13.4 Å². The molecule has 2 amide bonds. The Morgan fingerprint density at radius 3 is 2.47 bits per heavy atom. The van der Waals surface area contributed by atoms with Crippen molar-refractivity contribution in [2.45, 2.75) is 128 Å². The average molecular weight is 838 g/mol. The second-order valence-electron chi connectivity index (χ2n) is 19.1. The van der Waals surface area contributed by atoms with Crippen LogP contribution in [-0.2, 0) is 40.4 Å². The van der Waals surface area contributed by atoms with Gasteiger partial charge in [0.1, 0.15) is 11.9 Å². The summed E-state index contributed by atoms with van der Waals surface area (Å²) in [5, 5.41) is 0.249. The number of carbonyl (C=O) groups is 4. The molecule has 5 aliphatic rings. The number of ketones is 1. The van der Waals surface area contributed by atoms with E-state index in [4.69, 9.17) is 14.5 Å². The van der Waals surface area contributed by atoms with Crippen molar-refractivity contribution in [3.8, 4) is 17.0 Å². The van der Waals surface area contributed by atoms with Crippen molar-refractivity contribution >= 4 is 44.5 Å². The quantitative estimate of drug-likeness (QED) is 0.168. The molecular formula is C48H59N3O8S. The maximum absolute atomic E-state index is 15.1. The highest BCUT2D eigenvalue weighted by Gasteiger charge is 2.61. The highest BCUT2D eigenvalue weighted by atomic mass is 32.2. The number of rotatable bonds is 9. The van der Waals surface area contributed by atoms with Crippen LogP contribution in [0.3, 0.4) is 0 Å². The molecule has 1 saturated heterocycles. The Hall–Kier alpha value is -4.58. The number of esters is 1. The number of carbonyl (C=O) groups excluding carboxylic acids is 4. The van der Waals surface area contributed by atoms with E-state index in [2.05, 4.69) is 44.2 Å². The topological polar surface area (TPSA) is 149 Å². The molecule has 3 heterocycles. The molecule has 5 atom stereocenters. The van der Waals surface area contributed by atoms with Crippen molar-refractivity contribution in [2.24, 2.45) is 28.6 Å². The Labute approximate surface area is 354 Å². The number of allylic oxidation sites excluding steroid dienone is 1. The van der Waals surface area contributed by atoms with Gasteiger partial charge in [-0.3, -0.25) is 23.9 Å². The minimum absolute atomic E-state index is 0.0412.